The first-order valence-electron chi connectivity index (χ1n) is 11.8. The minimum atomic E-state index is -3.15. The molecular weight excluding hydrogens is 442 g/mol. The van der Waals surface area contributed by atoms with Gasteiger partial charge in [0, 0.05) is 44.6 Å². The summed E-state index contributed by atoms with van der Waals surface area (Å²) in [5, 5.41) is 4.14. The topological polar surface area (TPSA) is 102 Å². The molecule has 9 nitrogen and oxygen atoms in total. The summed E-state index contributed by atoms with van der Waals surface area (Å²) < 4.78 is 36.6. The van der Waals surface area contributed by atoms with Crippen molar-refractivity contribution in [3.8, 4) is 5.75 Å². The highest BCUT2D eigenvalue weighted by Gasteiger charge is 2.34. The summed E-state index contributed by atoms with van der Waals surface area (Å²) in [5.74, 6) is 2.78. The number of hydrogen-bond donors (Lipinski definition) is 0. The zero-order valence-corrected chi connectivity index (χ0v) is 20.1. The summed E-state index contributed by atoms with van der Waals surface area (Å²) in [6.45, 7) is 4.82. The molecule has 0 radical (unpaired) electrons. The maximum Gasteiger partial charge on any atom is 0.266 e. The molecule has 1 fully saturated rings. The summed E-state index contributed by atoms with van der Waals surface area (Å²) in [4.78, 5) is 11.3. The lowest BCUT2D eigenvalue weighted by molar-refractivity contribution is 0.138. The minimum absolute atomic E-state index is 0.168. The van der Waals surface area contributed by atoms with Crippen molar-refractivity contribution < 1.29 is 17.7 Å². The van der Waals surface area contributed by atoms with Gasteiger partial charge in [0.1, 0.15) is 11.9 Å². The number of piperidine rings is 1. The molecule has 1 saturated heterocycles. The van der Waals surface area contributed by atoms with Gasteiger partial charge < -0.3 is 14.2 Å². The molecule has 0 saturated carbocycles. The maximum atomic E-state index is 11.7. The van der Waals surface area contributed by atoms with Crippen LogP contribution in [0.1, 0.15) is 49.8 Å². The van der Waals surface area contributed by atoms with Gasteiger partial charge in [0.15, 0.2) is 0 Å². The Bertz CT molecular complexity index is 1140. The van der Waals surface area contributed by atoms with Gasteiger partial charge in [-0.15, -0.1) is 0 Å². The fourth-order valence-electron chi connectivity index (χ4n) is 4.96. The zero-order chi connectivity index (χ0) is 23.0. The van der Waals surface area contributed by atoms with Crippen molar-refractivity contribution in [3.63, 3.8) is 0 Å². The smallest absolute Gasteiger partial charge is 0.266 e. The lowest BCUT2D eigenvalue weighted by Crippen LogP contribution is -2.39. The van der Waals surface area contributed by atoms with Crippen molar-refractivity contribution in [2.45, 2.75) is 51.6 Å². The Labute approximate surface area is 194 Å². The molecule has 3 aliphatic rings. The molecule has 2 aromatic heterocycles. The molecule has 178 valence electrons. The molecule has 0 bridgehead atoms. The third-order valence-corrected chi connectivity index (χ3v) is 8.16. The average molecular weight is 474 g/mol. The van der Waals surface area contributed by atoms with E-state index >= 15 is 0 Å². The molecule has 0 aromatic carbocycles. The largest absolute Gasteiger partial charge is 0.488 e. The summed E-state index contributed by atoms with van der Waals surface area (Å²) in [6.07, 6.45) is 10.7. The van der Waals surface area contributed by atoms with Crippen molar-refractivity contribution in [2.75, 3.05) is 37.3 Å². The summed E-state index contributed by atoms with van der Waals surface area (Å²) >= 11 is 0. The van der Waals surface area contributed by atoms with E-state index in [9.17, 15) is 8.42 Å². The van der Waals surface area contributed by atoms with Crippen LogP contribution >= 0.6 is 0 Å². The number of anilines is 1. The van der Waals surface area contributed by atoms with E-state index in [1.54, 1.807) is 0 Å². The number of fused-ring (bicyclic) bond motifs is 1. The fraction of sp³-hybridized carbons (Fsp3) is 0.609. The second-order valence-corrected chi connectivity index (χ2v) is 11.2. The van der Waals surface area contributed by atoms with Crippen LogP contribution in [-0.4, -0.2) is 66.4 Å². The standard InChI is InChI=1S/C23H31N5O4S/c1-3-4-22-25-23(26-32-22)27-9-5-17(6-10-27)20-14-18-13-19(24-15-21(18)31-20)16-7-11-28(12-8-16)33(2,29)30/h7,13,15,17,20H,3-6,8-12,14H2,1-2H3. The van der Waals surface area contributed by atoms with Crippen LogP contribution in [0.25, 0.3) is 5.57 Å². The Morgan fingerprint density at radius 1 is 1.21 bits per heavy atom. The number of nitrogens with zero attached hydrogens (tertiary/aromatic N) is 5. The van der Waals surface area contributed by atoms with E-state index in [-0.39, 0.29) is 6.10 Å². The summed E-state index contributed by atoms with van der Waals surface area (Å²) in [5.41, 5.74) is 3.24. The van der Waals surface area contributed by atoms with Crippen LogP contribution in [-0.2, 0) is 22.9 Å². The second-order valence-electron chi connectivity index (χ2n) is 9.20. The Kier molecular flexibility index (Phi) is 6.13. The first-order chi connectivity index (χ1) is 15.9. The zero-order valence-electron chi connectivity index (χ0n) is 19.2. The van der Waals surface area contributed by atoms with Gasteiger partial charge in [0.2, 0.25) is 15.9 Å². The molecule has 5 heterocycles. The number of sulfonamides is 1. The van der Waals surface area contributed by atoms with Crippen LogP contribution in [0.5, 0.6) is 5.75 Å². The first kappa shape index (κ1) is 22.3. The molecule has 10 heteroatoms. The minimum Gasteiger partial charge on any atom is -0.488 e. The number of ether oxygens (including phenoxy) is 1. The maximum absolute atomic E-state index is 11.7. The Morgan fingerprint density at radius 3 is 2.73 bits per heavy atom. The van der Waals surface area contributed by atoms with Gasteiger partial charge in [-0.1, -0.05) is 13.0 Å². The number of aromatic nitrogens is 3. The van der Waals surface area contributed by atoms with E-state index in [1.807, 2.05) is 12.3 Å². The van der Waals surface area contributed by atoms with Gasteiger partial charge in [-0.05, 0) is 48.4 Å². The van der Waals surface area contributed by atoms with Gasteiger partial charge >= 0.3 is 0 Å². The molecular formula is C23H31N5O4S. The average Bonchev–Trinajstić information content (AvgIpc) is 3.46. The quantitative estimate of drug-likeness (QED) is 0.631. The van der Waals surface area contributed by atoms with Crippen molar-refractivity contribution in [1.29, 1.82) is 0 Å². The molecule has 33 heavy (non-hydrogen) atoms. The van der Waals surface area contributed by atoms with Crippen molar-refractivity contribution in [1.82, 2.24) is 19.4 Å². The molecule has 0 N–H and O–H groups in total. The van der Waals surface area contributed by atoms with Crippen molar-refractivity contribution >= 4 is 21.5 Å². The lowest BCUT2D eigenvalue weighted by Gasteiger charge is -2.33. The molecule has 0 amide bonds. The normalized spacial score (nSPS) is 22.2. The third-order valence-electron chi connectivity index (χ3n) is 6.89. The Balaban J connectivity index is 1.19. The van der Waals surface area contributed by atoms with Crippen LogP contribution in [0.15, 0.2) is 22.9 Å². The third kappa shape index (κ3) is 4.77. The predicted molar refractivity (Wildman–Crippen MR) is 125 cm³/mol. The number of rotatable bonds is 6. The van der Waals surface area contributed by atoms with E-state index in [0.717, 1.165) is 62.2 Å². The molecule has 5 rings (SSSR count). The lowest BCUT2D eigenvalue weighted by atomic mass is 9.89. The molecule has 3 aliphatic heterocycles. The van der Waals surface area contributed by atoms with E-state index < -0.39 is 10.0 Å². The van der Waals surface area contributed by atoms with E-state index in [1.165, 1.54) is 16.1 Å². The molecule has 2 aromatic rings. The monoisotopic (exact) mass is 473 g/mol. The molecule has 1 atom stereocenters. The van der Waals surface area contributed by atoms with Crippen LogP contribution in [0.4, 0.5) is 5.95 Å². The fourth-order valence-corrected chi connectivity index (χ4v) is 5.72. The van der Waals surface area contributed by atoms with E-state index in [4.69, 9.17) is 9.26 Å². The van der Waals surface area contributed by atoms with Crippen molar-refractivity contribution in [3.05, 3.63) is 35.5 Å². The highest BCUT2D eigenvalue weighted by atomic mass is 32.2. The van der Waals surface area contributed by atoms with Crippen LogP contribution < -0.4 is 9.64 Å². The second kappa shape index (κ2) is 9.06. The van der Waals surface area contributed by atoms with Crippen LogP contribution in [0.2, 0.25) is 0 Å². The molecule has 0 aliphatic carbocycles. The predicted octanol–water partition coefficient (Wildman–Crippen LogP) is 2.69. The van der Waals surface area contributed by atoms with Gasteiger partial charge in [0.05, 0.1) is 18.1 Å². The number of aryl methyl sites for hydroxylation is 1. The van der Waals surface area contributed by atoms with Crippen LogP contribution in [0.3, 0.4) is 0 Å². The van der Waals surface area contributed by atoms with Gasteiger partial charge in [-0.3, -0.25) is 4.98 Å². The Hall–Kier alpha value is -2.46. The number of hydrogen-bond acceptors (Lipinski definition) is 8. The van der Waals surface area contributed by atoms with Crippen LogP contribution in [0, 0.1) is 5.92 Å². The molecule has 0 spiro atoms. The number of pyridine rings is 1. The summed E-state index contributed by atoms with van der Waals surface area (Å²) in [7, 11) is -3.15. The SMILES string of the molecule is CCCc1nc(N2CCC(C3Cc4cc(C5=CCN(S(C)(=O)=O)CC5)ncc4O3)CC2)no1. The van der Waals surface area contributed by atoms with E-state index in [2.05, 4.69) is 33.0 Å². The van der Waals surface area contributed by atoms with Crippen molar-refractivity contribution in [2.24, 2.45) is 5.92 Å². The van der Waals surface area contributed by atoms with Gasteiger partial charge in [-0.25, -0.2) is 8.42 Å². The van der Waals surface area contributed by atoms with Gasteiger partial charge in [0.25, 0.3) is 5.95 Å². The van der Waals surface area contributed by atoms with Gasteiger partial charge in [-0.2, -0.15) is 9.29 Å². The highest BCUT2D eigenvalue weighted by Crippen LogP contribution is 2.37. The van der Waals surface area contributed by atoms with E-state index in [0.29, 0.717) is 37.3 Å². The summed E-state index contributed by atoms with van der Waals surface area (Å²) in [6, 6.07) is 2.13. The highest BCUT2D eigenvalue weighted by molar-refractivity contribution is 7.88. The Morgan fingerprint density at radius 2 is 2.03 bits per heavy atom. The first-order valence-corrected chi connectivity index (χ1v) is 13.6. The molecule has 1 unspecified atom stereocenters.